The maximum absolute atomic E-state index is 13.0. The number of methoxy groups -OCH3 is 1. The fourth-order valence-electron chi connectivity index (χ4n) is 3.01. The SMILES string of the molecule is COc1ccccc1C1CCN(S(=O)(=O)c2ccc(C)cc2)C=C(C)O1. The summed E-state index contributed by atoms with van der Waals surface area (Å²) in [7, 11) is -1.99. The number of allylic oxidation sites excluding steroid dienone is 1. The molecule has 6 heteroatoms. The average molecular weight is 373 g/mol. The Hall–Kier alpha value is -2.47. The summed E-state index contributed by atoms with van der Waals surface area (Å²) in [6.07, 6.45) is 1.82. The molecule has 2 aromatic rings. The van der Waals surface area contributed by atoms with Crippen LogP contribution in [0.2, 0.25) is 0 Å². The second-order valence-corrected chi connectivity index (χ2v) is 8.20. The van der Waals surface area contributed by atoms with Crippen molar-refractivity contribution in [3.63, 3.8) is 0 Å². The summed E-state index contributed by atoms with van der Waals surface area (Å²) in [4.78, 5) is 0.280. The third-order valence-corrected chi connectivity index (χ3v) is 6.15. The highest BCUT2D eigenvalue weighted by Crippen LogP contribution is 2.34. The van der Waals surface area contributed by atoms with Gasteiger partial charge in [0.05, 0.1) is 18.2 Å². The number of para-hydroxylation sites is 1. The van der Waals surface area contributed by atoms with E-state index < -0.39 is 10.0 Å². The Kier molecular flexibility index (Phi) is 5.23. The molecule has 26 heavy (non-hydrogen) atoms. The number of hydrogen-bond donors (Lipinski definition) is 0. The van der Waals surface area contributed by atoms with Crippen molar-refractivity contribution in [2.24, 2.45) is 0 Å². The van der Waals surface area contributed by atoms with E-state index in [1.807, 2.05) is 31.2 Å². The second-order valence-electron chi connectivity index (χ2n) is 6.31. The molecular formula is C20H23NO4S. The van der Waals surface area contributed by atoms with E-state index >= 15 is 0 Å². The molecule has 138 valence electrons. The molecule has 0 N–H and O–H groups in total. The highest BCUT2D eigenvalue weighted by atomic mass is 32.2. The Morgan fingerprint density at radius 2 is 1.77 bits per heavy atom. The molecule has 0 fully saturated rings. The van der Waals surface area contributed by atoms with E-state index in [0.717, 1.165) is 16.9 Å². The van der Waals surface area contributed by atoms with Gasteiger partial charge >= 0.3 is 0 Å². The van der Waals surface area contributed by atoms with Gasteiger partial charge in [-0.3, -0.25) is 4.31 Å². The molecule has 0 radical (unpaired) electrons. The van der Waals surface area contributed by atoms with Gasteiger partial charge < -0.3 is 9.47 Å². The van der Waals surface area contributed by atoms with Gasteiger partial charge in [-0.25, -0.2) is 8.42 Å². The number of benzene rings is 2. The Morgan fingerprint density at radius 3 is 2.46 bits per heavy atom. The lowest BCUT2D eigenvalue weighted by Crippen LogP contribution is -2.27. The van der Waals surface area contributed by atoms with Crippen LogP contribution in [0.3, 0.4) is 0 Å². The Balaban J connectivity index is 1.87. The summed E-state index contributed by atoms with van der Waals surface area (Å²) in [5, 5.41) is 0. The molecule has 1 atom stereocenters. The second kappa shape index (κ2) is 7.41. The van der Waals surface area contributed by atoms with Gasteiger partial charge in [0.15, 0.2) is 0 Å². The van der Waals surface area contributed by atoms with E-state index in [1.165, 1.54) is 4.31 Å². The molecule has 0 amide bonds. The summed E-state index contributed by atoms with van der Waals surface area (Å²) in [6, 6.07) is 14.5. The van der Waals surface area contributed by atoms with Gasteiger partial charge in [-0.2, -0.15) is 0 Å². The Morgan fingerprint density at radius 1 is 1.08 bits per heavy atom. The van der Waals surface area contributed by atoms with E-state index in [9.17, 15) is 8.42 Å². The van der Waals surface area contributed by atoms with Gasteiger partial charge in [0, 0.05) is 18.5 Å². The van der Waals surface area contributed by atoms with Crippen LogP contribution in [0.25, 0.3) is 0 Å². The standard InChI is InChI=1S/C20H23NO4S/c1-15-8-10-17(11-9-15)26(22,23)21-13-12-20(25-16(2)14-21)18-6-4-5-7-19(18)24-3/h4-11,14,20H,12-13H2,1-3H3. The summed E-state index contributed by atoms with van der Waals surface area (Å²) < 4.78 is 38.7. The first-order valence-electron chi connectivity index (χ1n) is 8.48. The first-order chi connectivity index (χ1) is 12.4. The smallest absolute Gasteiger partial charge is 0.263 e. The van der Waals surface area contributed by atoms with E-state index in [1.54, 1.807) is 44.5 Å². The van der Waals surface area contributed by atoms with Crippen LogP contribution in [-0.4, -0.2) is 26.4 Å². The van der Waals surface area contributed by atoms with Crippen LogP contribution in [-0.2, 0) is 14.8 Å². The Labute approximate surface area is 154 Å². The van der Waals surface area contributed by atoms with Crippen molar-refractivity contribution < 1.29 is 17.9 Å². The van der Waals surface area contributed by atoms with Crippen LogP contribution >= 0.6 is 0 Å². The average Bonchev–Trinajstić information content (AvgIpc) is 2.84. The molecule has 1 unspecified atom stereocenters. The van der Waals surface area contributed by atoms with Crippen LogP contribution in [0.1, 0.15) is 30.6 Å². The van der Waals surface area contributed by atoms with Crippen LogP contribution in [0.4, 0.5) is 0 Å². The van der Waals surface area contributed by atoms with Gasteiger partial charge in [0.1, 0.15) is 17.6 Å². The number of aryl methyl sites for hydroxylation is 1. The summed E-state index contributed by atoms with van der Waals surface area (Å²) >= 11 is 0. The lowest BCUT2D eigenvalue weighted by atomic mass is 10.1. The monoisotopic (exact) mass is 373 g/mol. The molecule has 1 heterocycles. The molecule has 0 aromatic heterocycles. The van der Waals surface area contributed by atoms with Crippen molar-refractivity contribution in [3.8, 4) is 5.75 Å². The number of sulfonamides is 1. The molecule has 1 aliphatic heterocycles. The molecule has 2 aromatic carbocycles. The summed E-state index contributed by atoms with van der Waals surface area (Å²) in [5.74, 6) is 1.29. The molecule has 1 aliphatic rings. The van der Waals surface area contributed by atoms with Crippen molar-refractivity contribution in [2.45, 2.75) is 31.3 Å². The minimum atomic E-state index is -3.61. The van der Waals surface area contributed by atoms with E-state index in [4.69, 9.17) is 9.47 Å². The zero-order valence-corrected chi connectivity index (χ0v) is 16.0. The minimum absolute atomic E-state index is 0.263. The lowest BCUT2D eigenvalue weighted by molar-refractivity contribution is 0.114. The molecule has 3 rings (SSSR count). The predicted molar refractivity (Wildman–Crippen MR) is 100 cm³/mol. The molecule has 0 saturated heterocycles. The van der Waals surface area contributed by atoms with Crippen molar-refractivity contribution in [1.82, 2.24) is 4.31 Å². The zero-order chi connectivity index (χ0) is 18.7. The number of ether oxygens (including phenoxy) is 2. The molecule has 0 aliphatic carbocycles. The highest BCUT2D eigenvalue weighted by Gasteiger charge is 2.28. The topological polar surface area (TPSA) is 55.8 Å². The first-order valence-corrected chi connectivity index (χ1v) is 9.92. The first kappa shape index (κ1) is 18.3. The minimum Gasteiger partial charge on any atom is -0.496 e. The normalized spacial score (nSPS) is 17.9. The number of nitrogens with zero attached hydrogens (tertiary/aromatic N) is 1. The van der Waals surface area contributed by atoms with Gasteiger partial charge in [-0.15, -0.1) is 0 Å². The third-order valence-electron chi connectivity index (χ3n) is 4.38. The maximum atomic E-state index is 13.0. The molecular weight excluding hydrogens is 350 g/mol. The van der Waals surface area contributed by atoms with Gasteiger partial charge in [0.2, 0.25) is 0 Å². The van der Waals surface area contributed by atoms with Crippen molar-refractivity contribution in [3.05, 3.63) is 71.6 Å². The van der Waals surface area contributed by atoms with Crippen LogP contribution in [0.5, 0.6) is 5.75 Å². The van der Waals surface area contributed by atoms with Crippen molar-refractivity contribution in [1.29, 1.82) is 0 Å². The number of hydrogen-bond acceptors (Lipinski definition) is 4. The fraction of sp³-hybridized carbons (Fsp3) is 0.300. The van der Waals surface area contributed by atoms with E-state index in [2.05, 4.69) is 0 Å². The predicted octanol–water partition coefficient (Wildman–Crippen LogP) is 4.02. The molecule has 5 nitrogen and oxygen atoms in total. The van der Waals surface area contributed by atoms with Gasteiger partial charge in [-0.05, 0) is 32.0 Å². The zero-order valence-electron chi connectivity index (χ0n) is 15.2. The van der Waals surface area contributed by atoms with Gasteiger partial charge in [-0.1, -0.05) is 35.9 Å². The molecule has 0 spiro atoms. The van der Waals surface area contributed by atoms with Crippen LogP contribution in [0.15, 0.2) is 65.4 Å². The molecule has 0 saturated carbocycles. The van der Waals surface area contributed by atoms with Crippen molar-refractivity contribution in [2.75, 3.05) is 13.7 Å². The third kappa shape index (κ3) is 3.70. The summed E-state index contributed by atoms with van der Waals surface area (Å²) in [6.45, 7) is 4.03. The Bertz CT molecular complexity index is 904. The van der Waals surface area contributed by atoms with Crippen LogP contribution < -0.4 is 4.74 Å². The van der Waals surface area contributed by atoms with Gasteiger partial charge in [0.25, 0.3) is 10.0 Å². The summed E-state index contributed by atoms with van der Waals surface area (Å²) in [5.41, 5.74) is 1.93. The quantitative estimate of drug-likeness (QED) is 0.812. The maximum Gasteiger partial charge on any atom is 0.263 e. The molecule has 0 bridgehead atoms. The largest absolute Gasteiger partial charge is 0.496 e. The van der Waals surface area contributed by atoms with E-state index in [-0.39, 0.29) is 11.0 Å². The van der Waals surface area contributed by atoms with E-state index in [0.29, 0.717) is 18.7 Å². The van der Waals surface area contributed by atoms with Crippen molar-refractivity contribution >= 4 is 10.0 Å². The highest BCUT2D eigenvalue weighted by molar-refractivity contribution is 7.89. The fourth-order valence-corrected chi connectivity index (χ4v) is 4.40. The number of rotatable bonds is 4. The van der Waals surface area contributed by atoms with Crippen LogP contribution in [0, 0.1) is 6.92 Å². The lowest BCUT2D eigenvalue weighted by Gasteiger charge is -2.21.